The van der Waals surface area contributed by atoms with Crippen molar-refractivity contribution in [1.82, 2.24) is 15.5 Å². The molecule has 0 fully saturated rings. The van der Waals surface area contributed by atoms with Crippen LogP contribution < -0.4 is 5.32 Å². The zero-order valence-electron chi connectivity index (χ0n) is 9.14. The van der Waals surface area contributed by atoms with Crippen LogP contribution in [0, 0.1) is 5.92 Å². The Morgan fingerprint density at radius 1 is 1.50 bits per heavy atom. The fraction of sp³-hybridized carbons (Fsp3) is 0.500. The fourth-order valence-corrected chi connectivity index (χ4v) is 1.20. The highest BCUT2D eigenvalue weighted by atomic mass is 35.5. The van der Waals surface area contributed by atoms with Crippen molar-refractivity contribution in [2.24, 2.45) is 5.92 Å². The maximum atomic E-state index is 11.7. The molecule has 0 aliphatic rings. The monoisotopic (exact) mass is 243 g/mol. The van der Waals surface area contributed by atoms with Crippen LogP contribution in [0.3, 0.4) is 0 Å². The largest absolute Gasteiger partial charge is 0.394 e. The molecular weight excluding hydrogens is 230 g/mol. The highest BCUT2D eigenvalue weighted by molar-refractivity contribution is 6.29. The van der Waals surface area contributed by atoms with Crippen LogP contribution in [-0.4, -0.2) is 33.9 Å². The van der Waals surface area contributed by atoms with Crippen LogP contribution in [-0.2, 0) is 0 Å². The molecule has 2 N–H and O–H groups in total. The molecule has 1 atom stereocenters. The summed E-state index contributed by atoms with van der Waals surface area (Å²) in [6.07, 6.45) is 0. The molecule has 0 radical (unpaired) electrons. The van der Waals surface area contributed by atoms with E-state index in [1.165, 1.54) is 12.1 Å². The van der Waals surface area contributed by atoms with Gasteiger partial charge >= 0.3 is 0 Å². The third-order valence-electron chi connectivity index (χ3n) is 2.18. The molecule has 1 aromatic rings. The molecule has 1 amide bonds. The lowest BCUT2D eigenvalue weighted by Gasteiger charge is -2.19. The summed E-state index contributed by atoms with van der Waals surface area (Å²) in [7, 11) is 0. The number of hydrogen-bond donors (Lipinski definition) is 2. The highest BCUT2D eigenvalue weighted by Crippen LogP contribution is 2.04. The SMILES string of the molecule is CC(C)C(CO)NC(=O)c1ccc(Cl)nn1. The molecule has 6 heteroatoms. The van der Waals surface area contributed by atoms with Gasteiger partial charge in [-0.15, -0.1) is 10.2 Å². The zero-order valence-corrected chi connectivity index (χ0v) is 9.90. The minimum atomic E-state index is -0.364. The van der Waals surface area contributed by atoms with Crippen LogP contribution in [0.1, 0.15) is 24.3 Å². The van der Waals surface area contributed by atoms with Crippen molar-refractivity contribution in [3.63, 3.8) is 0 Å². The first-order chi connectivity index (χ1) is 7.54. The summed E-state index contributed by atoms with van der Waals surface area (Å²) >= 11 is 5.55. The van der Waals surface area contributed by atoms with Crippen molar-refractivity contribution in [1.29, 1.82) is 0 Å². The summed E-state index contributed by atoms with van der Waals surface area (Å²) in [6, 6.07) is 2.69. The lowest BCUT2D eigenvalue weighted by atomic mass is 10.1. The molecule has 1 rings (SSSR count). The summed E-state index contributed by atoms with van der Waals surface area (Å²) < 4.78 is 0. The molecule has 0 aliphatic carbocycles. The van der Waals surface area contributed by atoms with E-state index in [1.54, 1.807) is 0 Å². The smallest absolute Gasteiger partial charge is 0.272 e. The quantitative estimate of drug-likeness (QED) is 0.823. The molecule has 0 aliphatic heterocycles. The van der Waals surface area contributed by atoms with E-state index in [0.717, 1.165) is 0 Å². The van der Waals surface area contributed by atoms with E-state index in [1.807, 2.05) is 13.8 Å². The standard InChI is InChI=1S/C10H14ClN3O2/c1-6(2)8(5-15)12-10(16)7-3-4-9(11)14-13-7/h3-4,6,8,15H,5H2,1-2H3,(H,12,16). The normalized spacial score (nSPS) is 12.6. The number of halogens is 1. The molecule has 0 spiro atoms. The summed E-state index contributed by atoms with van der Waals surface area (Å²) in [6.45, 7) is 3.72. The number of carbonyl (C=O) groups is 1. The van der Waals surface area contributed by atoms with Gasteiger partial charge in [0.1, 0.15) is 0 Å². The predicted molar refractivity (Wildman–Crippen MR) is 60.2 cm³/mol. The number of nitrogens with zero attached hydrogens (tertiary/aromatic N) is 2. The Morgan fingerprint density at radius 3 is 2.62 bits per heavy atom. The second-order valence-electron chi connectivity index (χ2n) is 3.75. The maximum Gasteiger partial charge on any atom is 0.272 e. The molecule has 0 bridgehead atoms. The summed E-state index contributed by atoms with van der Waals surface area (Å²) in [4.78, 5) is 11.7. The summed E-state index contributed by atoms with van der Waals surface area (Å²) in [5.74, 6) is -0.217. The zero-order chi connectivity index (χ0) is 12.1. The van der Waals surface area contributed by atoms with Gasteiger partial charge in [-0.3, -0.25) is 4.79 Å². The van der Waals surface area contributed by atoms with Gasteiger partial charge in [-0.05, 0) is 18.1 Å². The summed E-state index contributed by atoms with van der Waals surface area (Å²) in [5, 5.41) is 19.2. The average Bonchev–Trinajstić information content (AvgIpc) is 2.26. The molecule has 1 aromatic heterocycles. The van der Waals surface area contributed by atoms with Crippen LogP contribution in [0.25, 0.3) is 0 Å². The van der Waals surface area contributed by atoms with Crippen molar-refractivity contribution in [2.75, 3.05) is 6.61 Å². The van der Waals surface area contributed by atoms with E-state index in [2.05, 4.69) is 15.5 Å². The third-order valence-corrected chi connectivity index (χ3v) is 2.38. The second-order valence-corrected chi connectivity index (χ2v) is 4.14. The Hall–Kier alpha value is -1.20. The van der Waals surface area contributed by atoms with Gasteiger partial charge in [0.2, 0.25) is 0 Å². The minimum absolute atomic E-state index is 0.107. The molecule has 88 valence electrons. The number of aromatic nitrogens is 2. The van der Waals surface area contributed by atoms with Gasteiger partial charge in [-0.25, -0.2) is 0 Å². The van der Waals surface area contributed by atoms with Crippen molar-refractivity contribution in [3.05, 3.63) is 23.0 Å². The fourth-order valence-electron chi connectivity index (χ4n) is 1.10. The Morgan fingerprint density at radius 2 is 2.19 bits per heavy atom. The topological polar surface area (TPSA) is 75.1 Å². The van der Waals surface area contributed by atoms with Crippen molar-refractivity contribution in [3.8, 4) is 0 Å². The van der Waals surface area contributed by atoms with Crippen LogP contribution >= 0.6 is 11.6 Å². The van der Waals surface area contributed by atoms with Crippen molar-refractivity contribution in [2.45, 2.75) is 19.9 Å². The van der Waals surface area contributed by atoms with Gasteiger partial charge in [0, 0.05) is 0 Å². The average molecular weight is 244 g/mol. The second kappa shape index (κ2) is 5.77. The number of nitrogens with one attached hydrogen (secondary N) is 1. The molecule has 5 nitrogen and oxygen atoms in total. The van der Waals surface area contributed by atoms with E-state index in [9.17, 15) is 4.79 Å². The third kappa shape index (κ3) is 3.43. The van der Waals surface area contributed by atoms with Crippen LogP contribution in [0.5, 0.6) is 0 Å². The van der Waals surface area contributed by atoms with E-state index in [-0.39, 0.29) is 35.3 Å². The molecule has 1 unspecified atom stereocenters. The Bertz CT molecular complexity index is 354. The lowest BCUT2D eigenvalue weighted by Crippen LogP contribution is -2.41. The molecule has 0 aromatic carbocycles. The highest BCUT2D eigenvalue weighted by Gasteiger charge is 2.17. The Balaban J connectivity index is 2.68. The number of aliphatic hydroxyl groups excluding tert-OH is 1. The number of carbonyl (C=O) groups excluding carboxylic acids is 1. The van der Waals surface area contributed by atoms with E-state index in [4.69, 9.17) is 16.7 Å². The number of aliphatic hydroxyl groups is 1. The van der Waals surface area contributed by atoms with E-state index < -0.39 is 0 Å². The lowest BCUT2D eigenvalue weighted by molar-refractivity contribution is 0.0890. The Kier molecular flexibility index (Phi) is 4.64. The summed E-state index contributed by atoms with van der Waals surface area (Å²) in [5.41, 5.74) is 0.184. The predicted octanol–water partition coefficient (Wildman–Crippen LogP) is 0.877. The number of rotatable bonds is 4. The molecule has 0 saturated carbocycles. The Labute approximate surface area is 98.8 Å². The van der Waals surface area contributed by atoms with Gasteiger partial charge in [0.25, 0.3) is 5.91 Å². The van der Waals surface area contributed by atoms with E-state index in [0.29, 0.717) is 0 Å². The van der Waals surface area contributed by atoms with Gasteiger partial charge in [-0.1, -0.05) is 25.4 Å². The van der Waals surface area contributed by atoms with Crippen molar-refractivity contribution < 1.29 is 9.90 Å². The van der Waals surface area contributed by atoms with E-state index >= 15 is 0 Å². The molecule has 1 heterocycles. The van der Waals surface area contributed by atoms with Crippen molar-refractivity contribution >= 4 is 17.5 Å². The molecule has 0 saturated heterocycles. The molecular formula is C10H14ClN3O2. The maximum absolute atomic E-state index is 11.7. The van der Waals surface area contributed by atoms with Crippen LogP contribution in [0.2, 0.25) is 5.15 Å². The van der Waals surface area contributed by atoms with Gasteiger partial charge in [0.15, 0.2) is 10.8 Å². The van der Waals surface area contributed by atoms with Gasteiger partial charge in [-0.2, -0.15) is 0 Å². The first-order valence-electron chi connectivity index (χ1n) is 4.95. The number of amides is 1. The molecule has 16 heavy (non-hydrogen) atoms. The van der Waals surface area contributed by atoms with Gasteiger partial charge < -0.3 is 10.4 Å². The van der Waals surface area contributed by atoms with Gasteiger partial charge in [0.05, 0.1) is 12.6 Å². The minimum Gasteiger partial charge on any atom is -0.394 e. The van der Waals surface area contributed by atoms with Crippen LogP contribution in [0.15, 0.2) is 12.1 Å². The first kappa shape index (κ1) is 12.9. The number of hydrogen-bond acceptors (Lipinski definition) is 4. The first-order valence-corrected chi connectivity index (χ1v) is 5.33. The van der Waals surface area contributed by atoms with Crippen LogP contribution in [0.4, 0.5) is 0 Å².